The van der Waals surface area contributed by atoms with E-state index in [1.165, 1.54) is 39.9 Å². The molecule has 1 saturated heterocycles. The van der Waals surface area contributed by atoms with E-state index in [0.717, 1.165) is 60.3 Å². The average Bonchev–Trinajstić information content (AvgIpc) is 3.11. The fraction of sp³-hybridized carbons (Fsp3) is 0.450. The molecule has 140 valence electrons. The second-order valence-corrected chi connectivity index (χ2v) is 8.95. The van der Waals surface area contributed by atoms with E-state index in [2.05, 4.69) is 21.4 Å². The molecule has 3 aromatic heterocycles. The molecule has 0 aromatic carbocycles. The minimum Gasteiger partial charge on any atom is -0.378 e. The molecule has 1 aliphatic heterocycles. The number of hydrogen-bond donors (Lipinski definition) is 0. The summed E-state index contributed by atoms with van der Waals surface area (Å²) in [6.45, 7) is 7.26. The zero-order valence-electron chi connectivity index (χ0n) is 15.2. The Morgan fingerprint density at radius 3 is 2.81 bits per heavy atom. The van der Waals surface area contributed by atoms with Crippen LogP contribution in [0.25, 0.3) is 20.4 Å². The number of nitrogens with zero attached hydrogens (tertiary/aromatic N) is 4. The van der Waals surface area contributed by atoms with Gasteiger partial charge in [0.05, 0.1) is 23.4 Å². The Hall–Kier alpha value is -1.70. The molecule has 7 heteroatoms. The van der Waals surface area contributed by atoms with E-state index in [0.29, 0.717) is 0 Å². The Morgan fingerprint density at radius 2 is 2.00 bits per heavy atom. The predicted molar refractivity (Wildman–Crippen MR) is 113 cm³/mol. The molecule has 2 aliphatic rings. The van der Waals surface area contributed by atoms with Crippen LogP contribution in [0.5, 0.6) is 0 Å². The number of aromatic nitrogens is 3. The van der Waals surface area contributed by atoms with Crippen LogP contribution in [0.3, 0.4) is 0 Å². The van der Waals surface area contributed by atoms with E-state index < -0.39 is 0 Å². The number of aryl methyl sites for hydroxylation is 1. The van der Waals surface area contributed by atoms with Gasteiger partial charge < -0.3 is 9.64 Å². The molecule has 27 heavy (non-hydrogen) atoms. The number of fused-ring (bicyclic) bond motifs is 5. The SMILES string of the molecule is C=CCSc1ncnc2c1sc1nc(N3CCOCC3)c3c(c12)CCCC3. The van der Waals surface area contributed by atoms with Crippen molar-refractivity contribution in [2.24, 2.45) is 0 Å². The highest BCUT2D eigenvalue weighted by molar-refractivity contribution is 7.99. The minimum absolute atomic E-state index is 0.786. The largest absolute Gasteiger partial charge is 0.378 e. The quantitative estimate of drug-likeness (QED) is 0.372. The molecule has 0 radical (unpaired) electrons. The third-order valence-electron chi connectivity index (χ3n) is 5.32. The Morgan fingerprint density at radius 1 is 1.19 bits per heavy atom. The van der Waals surface area contributed by atoms with Crippen LogP contribution < -0.4 is 4.90 Å². The van der Waals surface area contributed by atoms with Crippen LogP contribution in [0, 0.1) is 0 Å². The fourth-order valence-electron chi connectivity index (χ4n) is 4.10. The van der Waals surface area contributed by atoms with Gasteiger partial charge in [-0.3, -0.25) is 0 Å². The van der Waals surface area contributed by atoms with Gasteiger partial charge in [-0.05, 0) is 36.8 Å². The molecule has 0 N–H and O–H groups in total. The van der Waals surface area contributed by atoms with Crippen LogP contribution in [0.4, 0.5) is 5.82 Å². The van der Waals surface area contributed by atoms with E-state index in [1.54, 1.807) is 29.4 Å². The van der Waals surface area contributed by atoms with Gasteiger partial charge in [0.25, 0.3) is 0 Å². The lowest BCUT2D eigenvalue weighted by atomic mass is 9.90. The molecule has 0 unspecified atom stereocenters. The highest BCUT2D eigenvalue weighted by Crippen LogP contribution is 2.43. The summed E-state index contributed by atoms with van der Waals surface area (Å²) in [6, 6.07) is 0. The number of morpholine rings is 1. The standard InChI is InChI=1S/C20H22N4OS2/c1-2-11-26-20-17-16(21-12-22-20)15-13-5-3-4-6-14(13)18(23-19(15)27-17)24-7-9-25-10-8-24/h2,12H,1,3-11H2. The van der Waals surface area contributed by atoms with Crippen LogP contribution in [-0.4, -0.2) is 47.0 Å². The first-order valence-corrected chi connectivity index (χ1v) is 11.3. The lowest BCUT2D eigenvalue weighted by Crippen LogP contribution is -2.37. The van der Waals surface area contributed by atoms with Crippen LogP contribution >= 0.6 is 23.1 Å². The van der Waals surface area contributed by atoms with Crippen molar-refractivity contribution in [3.05, 3.63) is 30.1 Å². The van der Waals surface area contributed by atoms with Crippen molar-refractivity contribution < 1.29 is 4.74 Å². The summed E-state index contributed by atoms with van der Waals surface area (Å²) in [4.78, 5) is 17.9. The molecule has 0 saturated carbocycles. The van der Waals surface area contributed by atoms with E-state index in [4.69, 9.17) is 9.72 Å². The molecule has 1 aliphatic carbocycles. The van der Waals surface area contributed by atoms with Crippen molar-refractivity contribution in [3.63, 3.8) is 0 Å². The molecule has 4 heterocycles. The summed E-state index contributed by atoms with van der Waals surface area (Å²) in [6.07, 6.45) is 8.35. The molecule has 0 spiro atoms. The second kappa shape index (κ2) is 7.37. The smallest absolute Gasteiger partial charge is 0.133 e. The summed E-state index contributed by atoms with van der Waals surface area (Å²) in [5.74, 6) is 2.03. The summed E-state index contributed by atoms with van der Waals surface area (Å²) >= 11 is 3.46. The summed E-state index contributed by atoms with van der Waals surface area (Å²) in [5, 5.41) is 2.31. The Balaban J connectivity index is 1.74. The van der Waals surface area contributed by atoms with Gasteiger partial charge in [-0.25, -0.2) is 15.0 Å². The molecule has 5 rings (SSSR count). The van der Waals surface area contributed by atoms with Gasteiger partial charge in [0.15, 0.2) is 0 Å². The van der Waals surface area contributed by atoms with Crippen LogP contribution in [-0.2, 0) is 17.6 Å². The van der Waals surface area contributed by atoms with E-state index in [1.807, 2.05) is 6.08 Å². The number of pyridine rings is 1. The van der Waals surface area contributed by atoms with Gasteiger partial charge >= 0.3 is 0 Å². The summed E-state index contributed by atoms with van der Waals surface area (Å²) in [7, 11) is 0. The number of ether oxygens (including phenoxy) is 1. The zero-order valence-corrected chi connectivity index (χ0v) is 16.9. The molecule has 5 nitrogen and oxygen atoms in total. The topological polar surface area (TPSA) is 51.1 Å². The first-order valence-electron chi connectivity index (χ1n) is 9.52. The number of thiophene rings is 1. The van der Waals surface area contributed by atoms with Crippen molar-refractivity contribution >= 4 is 49.3 Å². The van der Waals surface area contributed by atoms with Crippen LogP contribution in [0.1, 0.15) is 24.0 Å². The van der Waals surface area contributed by atoms with Gasteiger partial charge in [0, 0.05) is 24.2 Å². The summed E-state index contributed by atoms with van der Waals surface area (Å²) in [5.41, 5.74) is 3.99. The molecule has 1 fully saturated rings. The normalized spacial score (nSPS) is 17.4. The first-order chi connectivity index (χ1) is 13.4. The number of rotatable bonds is 4. The van der Waals surface area contributed by atoms with E-state index >= 15 is 0 Å². The molecule has 3 aromatic rings. The molecule has 0 bridgehead atoms. The average molecular weight is 399 g/mol. The Kier molecular flexibility index (Phi) is 4.75. The maximum atomic E-state index is 5.56. The lowest BCUT2D eigenvalue weighted by Gasteiger charge is -2.31. The number of thioether (sulfide) groups is 1. The number of hydrogen-bond acceptors (Lipinski definition) is 7. The third kappa shape index (κ3) is 3.02. The minimum atomic E-state index is 0.786. The predicted octanol–water partition coefficient (Wildman–Crippen LogP) is 4.23. The highest BCUT2D eigenvalue weighted by Gasteiger charge is 2.26. The Labute approximate surface area is 166 Å². The van der Waals surface area contributed by atoms with Gasteiger partial charge in [0.1, 0.15) is 22.0 Å². The fourth-order valence-corrected chi connectivity index (χ4v) is 6.06. The van der Waals surface area contributed by atoms with E-state index in [9.17, 15) is 0 Å². The van der Waals surface area contributed by atoms with Crippen LogP contribution in [0.15, 0.2) is 24.0 Å². The second-order valence-electron chi connectivity index (χ2n) is 6.94. The molecule has 0 amide bonds. The first kappa shape index (κ1) is 17.4. The maximum Gasteiger partial charge on any atom is 0.133 e. The lowest BCUT2D eigenvalue weighted by molar-refractivity contribution is 0.122. The number of anilines is 1. The molecule has 0 atom stereocenters. The maximum absolute atomic E-state index is 5.56. The van der Waals surface area contributed by atoms with Crippen molar-refractivity contribution in [1.29, 1.82) is 0 Å². The van der Waals surface area contributed by atoms with Crippen LogP contribution in [0.2, 0.25) is 0 Å². The van der Waals surface area contributed by atoms with Gasteiger partial charge in [0.2, 0.25) is 0 Å². The Bertz CT molecular complexity index is 1010. The third-order valence-corrected chi connectivity index (χ3v) is 7.51. The summed E-state index contributed by atoms with van der Waals surface area (Å²) < 4.78 is 6.72. The van der Waals surface area contributed by atoms with Crippen molar-refractivity contribution in [3.8, 4) is 0 Å². The van der Waals surface area contributed by atoms with Gasteiger partial charge in [-0.1, -0.05) is 6.08 Å². The van der Waals surface area contributed by atoms with Crippen molar-refractivity contribution in [2.45, 2.75) is 30.7 Å². The highest BCUT2D eigenvalue weighted by atomic mass is 32.2. The van der Waals surface area contributed by atoms with Crippen molar-refractivity contribution in [1.82, 2.24) is 15.0 Å². The molecular formula is C20H22N4OS2. The van der Waals surface area contributed by atoms with Crippen molar-refractivity contribution in [2.75, 3.05) is 37.0 Å². The molecular weight excluding hydrogens is 376 g/mol. The van der Waals surface area contributed by atoms with E-state index in [-0.39, 0.29) is 0 Å². The van der Waals surface area contributed by atoms with Gasteiger partial charge in [-0.15, -0.1) is 29.7 Å². The monoisotopic (exact) mass is 398 g/mol. The zero-order chi connectivity index (χ0) is 18.2. The van der Waals surface area contributed by atoms with Gasteiger partial charge in [-0.2, -0.15) is 0 Å².